The van der Waals surface area contributed by atoms with Crippen molar-refractivity contribution in [2.24, 2.45) is 0 Å². The van der Waals surface area contributed by atoms with E-state index in [9.17, 15) is 4.79 Å². The van der Waals surface area contributed by atoms with Crippen molar-refractivity contribution in [2.45, 2.75) is 40.8 Å². The highest BCUT2D eigenvalue weighted by atomic mass is 16.1. The first-order valence-corrected chi connectivity index (χ1v) is 10.2. The first-order valence-electron chi connectivity index (χ1n) is 10.2. The fourth-order valence-corrected chi connectivity index (χ4v) is 3.74. The minimum atomic E-state index is -0.179. The highest BCUT2D eigenvalue weighted by Crippen LogP contribution is 2.22. The van der Waals surface area contributed by atoms with Crippen LogP contribution in [0.2, 0.25) is 0 Å². The molecule has 0 saturated heterocycles. The molecular weight excluding hydrogens is 388 g/mol. The molecule has 0 aliphatic carbocycles. The number of nitrogens with two attached hydrogens (primary N) is 1. The van der Waals surface area contributed by atoms with Crippen LogP contribution in [0.5, 0.6) is 0 Å². The van der Waals surface area contributed by atoms with Gasteiger partial charge >= 0.3 is 0 Å². The SMILES string of the molecule is Cc1cc(C)c2cc(Cn3cc(C(=O)NCc4ccc(N)nc4C)cn3)c(C)nc2c1. The van der Waals surface area contributed by atoms with Gasteiger partial charge in [0.1, 0.15) is 5.82 Å². The lowest BCUT2D eigenvalue weighted by atomic mass is 10.0. The number of carbonyl (C=O) groups excluding carboxylic acids is 1. The van der Waals surface area contributed by atoms with E-state index in [1.807, 2.05) is 19.9 Å². The molecule has 0 atom stereocenters. The fourth-order valence-electron chi connectivity index (χ4n) is 3.74. The summed E-state index contributed by atoms with van der Waals surface area (Å²) >= 11 is 0. The third-order valence-corrected chi connectivity index (χ3v) is 5.46. The molecule has 3 aromatic heterocycles. The van der Waals surface area contributed by atoms with E-state index in [2.05, 4.69) is 47.4 Å². The summed E-state index contributed by atoms with van der Waals surface area (Å²) in [6.45, 7) is 9.00. The lowest BCUT2D eigenvalue weighted by Gasteiger charge is -2.10. The van der Waals surface area contributed by atoms with Crippen LogP contribution in [-0.2, 0) is 13.1 Å². The molecule has 1 amide bonds. The molecule has 3 heterocycles. The van der Waals surface area contributed by atoms with Crippen LogP contribution < -0.4 is 11.1 Å². The van der Waals surface area contributed by atoms with Crippen LogP contribution in [0.3, 0.4) is 0 Å². The molecule has 4 aromatic rings. The van der Waals surface area contributed by atoms with Crippen LogP contribution in [0.25, 0.3) is 10.9 Å². The van der Waals surface area contributed by atoms with E-state index in [-0.39, 0.29) is 5.91 Å². The van der Waals surface area contributed by atoms with Gasteiger partial charge in [-0.1, -0.05) is 12.1 Å². The zero-order valence-electron chi connectivity index (χ0n) is 18.2. The maximum absolute atomic E-state index is 12.6. The number of pyridine rings is 2. The van der Waals surface area contributed by atoms with E-state index in [0.717, 1.165) is 33.4 Å². The maximum Gasteiger partial charge on any atom is 0.254 e. The zero-order valence-corrected chi connectivity index (χ0v) is 18.2. The number of aromatic nitrogens is 4. The lowest BCUT2D eigenvalue weighted by Crippen LogP contribution is -2.23. The van der Waals surface area contributed by atoms with Gasteiger partial charge in [0.05, 0.1) is 23.8 Å². The molecule has 0 unspecified atom stereocenters. The minimum Gasteiger partial charge on any atom is -0.384 e. The summed E-state index contributed by atoms with van der Waals surface area (Å²) in [5.41, 5.74) is 13.4. The third kappa shape index (κ3) is 4.40. The van der Waals surface area contributed by atoms with Crippen molar-refractivity contribution >= 4 is 22.6 Å². The Hall–Kier alpha value is -3.74. The highest BCUT2D eigenvalue weighted by Gasteiger charge is 2.12. The predicted molar refractivity (Wildman–Crippen MR) is 122 cm³/mol. The standard InChI is InChI=1S/C24H26N6O/c1-14-7-15(2)21-9-19(17(4)28-22(21)8-14)12-30-13-20(11-27-30)24(31)26-10-18-5-6-23(25)29-16(18)3/h5-9,11,13H,10,12H2,1-4H3,(H2,25,29)(H,26,31). The fraction of sp³-hybridized carbons (Fsp3) is 0.250. The van der Waals surface area contributed by atoms with Gasteiger partial charge < -0.3 is 11.1 Å². The van der Waals surface area contributed by atoms with Crippen LogP contribution in [0, 0.1) is 27.7 Å². The summed E-state index contributed by atoms with van der Waals surface area (Å²) in [5.74, 6) is 0.291. The molecule has 31 heavy (non-hydrogen) atoms. The lowest BCUT2D eigenvalue weighted by molar-refractivity contribution is 0.0950. The molecule has 1 aromatic carbocycles. The Kier molecular flexibility index (Phi) is 5.42. The molecule has 7 heteroatoms. The van der Waals surface area contributed by atoms with Gasteiger partial charge in [0.2, 0.25) is 0 Å². The van der Waals surface area contributed by atoms with Crippen molar-refractivity contribution in [3.8, 4) is 0 Å². The summed E-state index contributed by atoms with van der Waals surface area (Å²) < 4.78 is 1.77. The van der Waals surface area contributed by atoms with Crippen molar-refractivity contribution in [3.63, 3.8) is 0 Å². The second-order valence-corrected chi connectivity index (χ2v) is 7.97. The Morgan fingerprint density at radius 2 is 1.81 bits per heavy atom. The van der Waals surface area contributed by atoms with Crippen molar-refractivity contribution in [1.82, 2.24) is 25.1 Å². The van der Waals surface area contributed by atoms with E-state index in [4.69, 9.17) is 10.7 Å². The Bertz CT molecular complexity index is 1290. The number of amides is 1. The molecule has 4 rings (SSSR count). The number of anilines is 1. The van der Waals surface area contributed by atoms with Crippen molar-refractivity contribution < 1.29 is 4.79 Å². The summed E-state index contributed by atoms with van der Waals surface area (Å²) in [6.07, 6.45) is 3.34. The molecular formula is C24H26N6O. The van der Waals surface area contributed by atoms with Crippen LogP contribution in [-0.4, -0.2) is 25.7 Å². The van der Waals surface area contributed by atoms with Gasteiger partial charge in [-0.15, -0.1) is 0 Å². The monoisotopic (exact) mass is 414 g/mol. The highest BCUT2D eigenvalue weighted by molar-refractivity contribution is 5.93. The van der Waals surface area contributed by atoms with Gasteiger partial charge in [0.15, 0.2) is 0 Å². The predicted octanol–water partition coefficient (Wildman–Crippen LogP) is 3.62. The maximum atomic E-state index is 12.6. The van der Waals surface area contributed by atoms with Crippen molar-refractivity contribution in [1.29, 1.82) is 0 Å². The smallest absolute Gasteiger partial charge is 0.254 e. The van der Waals surface area contributed by atoms with Gasteiger partial charge in [0, 0.05) is 29.5 Å². The number of hydrogen-bond donors (Lipinski definition) is 2. The van der Waals surface area contributed by atoms with Crippen molar-refractivity contribution in [3.05, 3.63) is 81.9 Å². The number of aryl methyl sites for hydroxylation is 4. The Morgan fingerprint density at radius 1 is 1.03 bits per heavy atom. The molecule has 0 aliphatic rings. The Morgan fingerprint density at radius 3 is 2.58 bits per heavy atom. The summed E-state index contributed by atoms with van der Waals surface area (Å²) in [7, 11) is 0. The van der Waals surface area contributed by atoms with Crippen LogP contribution in [0.4, 0.5) is 5.82 Å². The van der Waals surface area contributed by atoms with Crippen molar-refractivity contribution in [2.75, 3.05) is 5.73 Å². The second kappa shape index (κ2) is 8.18. The summed E-state index contributed by atoms with van der Waals surface area (Å²) in [6, 6.07) is 10.0. The number of benzene rings is 1. The van der Waals surface area contributed by atoms with Crippen LogP contribution in [0.1, 0.15) is 44.0 Å². The normalized spacial score (nSPS) is 11.1. The average molecular weight is 415 g/mol. The molecule has 0 bridgehead atoms. The van der Waals surface area contributed by atoms with E-state index < -0.39 is 0 Å². The first-order chi connectivity index (χ1) is 14.8. The number of nitrogen functional groups attached to an aromatic ring is 1. The zero-order chi connectivity index (χ0) is 22.1. The number of nitrogens with zero attached hydrogens (tertiary/aromatic N) is 4. The molecule has 3 N–H and O–H groups in total. The molecule has 0 spiro atoms. The summed E-state index contributed by atoms with van der Waals surface area (Å²) in [4.78, 5) is 21.6. The molecule has 0 fully saturated rings. The number of hydrogen-bond acceptors (Lipinski definition) is 5. The van der Waals surface area contributed by atoms with Crippen LogP contribution >= 0.6 is 0 Å². The minimum absolute atomic E-state index is 0.179. The first kappa shape index (κ1) is 20.5. The topological polar surface area (TPSA) is 98.7 Å². The molecule has 0 aliphatic heterocycles. The number of rotatable bonds is 5. The van der Waals surface area contributed by atoms with Gasteiger partial charge in [-0.05, 0) is 68.1 Å². The van der Waals surface area contributed by atoms with Gasteiger partial charge in [-0.3, -0.25) is 14.5 Å². The number of carbonyl (C=O) groups is 1. The molecule has 158 valence electrons. The van der Waals surface area contributed by atoms with Gasteiger partial charge in [-0.2, -0.15) is 5.10 Å². The van der Waals surface area contributed by atoms with Gasteiger partial charge in [0.25, 0.3) is 5.91 Å². The van der Waals surface area contributed by atoms with E-state index >= 15 is 0 Å². The summed E-state index contributed by atoms with van der Waals surface area (Å²) in [5, 5.41) is 8.43. The molecule has 0 saturated carbocycles. The van der Waals surface area contributed by atoms with E-state index in [1.54, 1.807) is 23.1 Å². The Balaban J connectivity index is 1.48. The largest absolute Gasteiger partial charge is 0.384 e. The number of fused-ring (bicyclic) bond motifs is 1. The van der Waals surface area contributed by atoms with Gasteiger partial charge in [-0.25, -0.2) is 4.98 Å². The average Bonchev–Trinajstić information content (AvgIpc) is 3.17. The molecule has 0 radical (unpaired) electrons. The van der Waals surface area contributed by atoms with E-state index in [0.29, 0.717) is 24.5 Å². The quantitative estimate of drug-likeness (QED) is 0.520. The number of nitrogens with one attached hydrogen (secondary N) is 1. The Labute approximate surface area is 181 Å². The molecule has 7 nitrogen and oxygen atoms in total. The van der Waals surface area contributed by atoms with E-state index in [1.165, 1.54) is 11.1 Å². The van der Waals surface area contributed by atoms with Crippen LogP contribution in [0.15, 0.2) is 42.7 Å². The third-order valence-electron chi connectivity index (χ3n) is 5.46. The second-order valence-electron chi connectivity index (χ2n) is 7.97.